The number of nitrogens with one attached hydrogen (secondary N) is 1. The highest BCUT2D eigenvalue weighted by Crippen LogP contribution is 2.23. The smallest absolute Gasteiger partial charge is 0.221 e. The zero-order chi connectivity index (χ0) is 15.2. The average molecular weight is 282 g/mol. The summed E-state index contributed by atoms with van der Waals surface area (Å²) in [6.45, 7) is 1.47. The summed E-state index contributed by atoms with van der Waals surface area (Å²) >= 11 is 0. The number of amides is 1. The van der Waals surface area contributed by atoms with Crippen molar-refractivity contribution in [2.45, 2.75) is 6.92 Å². The van der Waals surface area contributed by atoms with Crippen LogP contribution in [0.2, 0.25) is 0 Å². The van der Waals surface area contributed by atoms with Crippen molar-refractivity contribution in [3.63, 3.8) is 0 Å². The Morgan fingerprint density at radius 1 is 1.00 bits per heavy atom. The van der Waals surface area contributed by atoms with Crippen LogP contribution in [0.4, 0.5) is 22.7 Å². The largest absolute Gasteiger partial charge is 0.378 e. The van der Waals surface area contributed by atoms with Gasteiger partial charge in [-0.05, 0) is 42.5 Å². The predicted molar refractivity (Wildman–Crippen MR) is 85.7 cm³/mol. The zero-order valence-corrected chi connectivity index (χ0v) is 12.4. The third kappa shape index (κ3) is 4.42. The molecule has 21 heavy (non-hydrogen) atoms. The molecule has 0 saturated heterocycles. The monoisotopic (exact) mass is 282 g/mol. The summed E-state index contributed by atoms with van der Waals surface area (Å²) in [7, 11) is 3.98. The van der Waals surface area contributed by atoms with Crippen molar-refractivity contribution in [1.29, 1.82) is 0 Å². The van der Waals surface area contributed by atoms with Gasteiger partial charge in [-0.15, -0.1) is 0 Å². The van der Waals surface area contributed by atoms with Gasteiger partial charge in [-0.3, -0.25) is 4.79 Å². The van der Waals surface area contributed by atoms with Crippen molar-refractivity contribution in [1.82, 2.24) is 0 Å². The highest BCUT2D eigenvalue weighted by atomic mass is 16.1. The summed E-state index contributed by atoms with van der Waals surface area (Å²) in [6, 6.07) is 15.1. The number of azo groups is 1. The Hall–Kier alpha value is -2.69. The maximum Gasteiger partial charge on any atom is 0.221 e. The molecule has 0 radical (unpaired) electrons. The second-order valence-corrected chi connectivity index (χ2v) is 4.84. The first-order valence-electron chi connectivity index (χ1n) is 6.61. The maximum absolute atomic E-state index is 11.0. The van der Waals surface area contributed by atoms with Crippen LogP contribution in [-0.2, 0) is 4.79 Å². The Morgan fingerprint density at radius 2 is 1.67 bits per heavy atom. The van der Waals surface area contributed by atoms with Gasteiger partial charge in [-0.25, -0.2) is 0 Å². The summed E-state index contributed by atoms with van der Waals surface area (Å²) in [5.41, 5.74) is 3.30. The van der Waals surface area contributed by atoms with Crippen LogP contribution in [0.3, 0.4) is 0 Å². The summed E-state index contributed by atoms with van der Waals surface area (Å²) in [5.74, 6) is -0.108. The molecule has 0 aliphatic rings. The molecular weight excluding hydrogens is 264 g/mol. The highest BCUT2D eigenvalue weighted by Gasteiger charge is 1.98. The minimum Gasteiger partial charge on any atom is -0.378 e. The van der Waals surface area contributed by atoms with Crippen LogP contribution in [0.25, 0.3) is 0 Å². The fraction of sp³-hybridized carbons (Fsp3) is 0.188. The normalized spacial score (nSPS) is 10.6. The molecule has 0 spiro atoms. The van der Waals surface area contributed by atoms with Crippen LogP contribution in [-0.4, -0.2) is 20.0 Å². The van der Waals surface area contributed by atoms with Gasteiger partial charge in [0.1, 0.15) is 0 Å². The molecule has 108 valence electrons. The molecule has 1 N–H and O–H groups in total. The lowest BCUT2D eigenvalue weighted by Gasteiger charge is -2.11. The number of benzene rings is 2. The molecular formula is C16H18N4O. The lowest BCUT2D eigenvalue weighted by atomic mass is 10.2. The minimum absolute atomic E-state index is 0.108. The van der Waals surface area contributed by atoms with E-state index >= 15 is 0 Å². The van der Waals surface area contributed by atoms with Crippen molar-refractivity contribution >= 4 is 28.7 Å². The Morgan fingerprint density at radius 3 is 2.29 bits per heavy atom. The number of rotatable bonds is 4. The molecule has 2 rings (SSSR count). The standard InChI is InChI=1S/C16H18N4O/c1-12(21)17-14-5-4-6-15(11-14)19-18-13-7-9-16(10-8-13)20(2)3/h4-11H,1-3H3,(H,17,21). The van der Waals surface area contributed by atoms with E-state index in [1.165, 1.54) is 6.92 Å². The number of nitrogens with zero attached hydrogens (tertiary/aromatic N) is 3. The molecule has 5 nitrogen and oxygen atoms in total. The second-order valence-electron chi connectivity index (χ2n) is 4.84. The van der Waals surface area contributed by atoms with E-state index in [2.05, 4.69) is 15.5 Å². The summed E-state index contributed by atoms with van der Waals surface area (Å²) in [6.07, 6.45) is 0. The molecule has 0 heterocycles. The molecule has 0 fully saturated rings. The maximum atomic E-state index is 11.0. The van der Waals surface area contributed by atoms with Gasteiger partial charge in [0.25, 0.3) is 0 Å². The van der Waals surface area contributed by atoms with Gasteiger partial charge in [0, 0.05) is 32.4 Å². The lowest BCUT2D eigenvalue weighted by molar-refractivity contribution is -0.114. The van der Waals surface area contributed by atoms with E-state index in [0.717, 1.165) is 11.4 Å². The Kier molecular flexibility index (Phi) is 4.66. The first kappa shape index (κ1) is 14.7. The van der Waals surface area contributed by atoms with Crippen molar-refractivity contribution < 1.29 is 4.79 Å². The fourth-order valence-corrected chi connectivity index (χ4v) is 1.78. The molecule has 0 aliphatic carbocycles. The van der Waals surface area contributed by atoms with E-state index in [9.17, 15) is 4.79 Å². The first-order valence-corrected chi connectivity index (χ1v) is 6.61. The van der Waals surface area contributed by atoms with Crippen LogP contribution in [0, 0.1) is 0 Å². The van der Waals surface area contributed by atoms with Gasteiger partial charge in [0.15, 0.2) is 0 Å². The Balaban J connectivity index is 2.11. The van der Waals surface area contributed by atoms with E-state index < -0.39 is 0 Å². The fourth-order valence-electron chi connectivity index (χ4n) is 1.78. The summed E-state index contributed by atoms with van der Waals surface area (Å²) < 4.78 is 0. The van der Waals surface area contributed by atoms with Gasteiger partial charge in [0.2, 0.25) is 5.91 Å². The molecule has 2 aromatic carbocycles. The van der Waals surface area contributed by atoms with Crippen molar-refractivity contribution in [3.8, 4) is 0 Å². The Bertz CT molecular complexity index is 648. The molecule has 0 bridgehead atoms. The number of anilines is 2. The minimum atomic E-state index is -0.108. The topological polar surface area (TPSA) is 57.1 Å². The van der Waals surface area contributed by atoms with Crippen molar-refractivity contribution in [3.05, 3.63) is 48.5 Å². The van der Waals surface area contributed by atoms with Crippen LogP contribution in [0.5, 0.6) is 0 Å². The van der Waals surface area contributed by atoms with E-state index in [1.54, 1.807) is 6.07 Å². The number of hydrogen-bond acceptors (Lipinski definition) is 4. The second kappa shape index (κ2) is 6.65. The van der Waals surface area contributed by atoms with E-state index in [4.69, 9.17) is 0 Å². The molecule has 0 unspecified atom stereocenters. The molecule has 0 aliphatic heterocycles. The van der Waals surface area contributed by atoms with Gasteiger partial charge in [-0.1, -0.05) is 6.07 Å². The van der Waals surface area contributed by atoms with Crippen molar-refractivity contribution in [2.24, 2.45) is 10.2 Å². The highest BCUT2D eigenvalue weighted by molar-refractivity contribution is 5.89. The lowest BCUT2D eigenvalue weighted by Crippen LogP contribution is -2.07. The SMILES string of the molecule is CC(=O)Nc1cccc(N=Nc2ccc(N(C)C)cc2)c1. The molecule has 2 aromatic rings. The molecule has 0 saturated carbocycles. The third-order valence-electron chi connectivity index (χ3n) is 2.81. The molecule has 1 amide bonds. The molecule has 0 atom stereocenters. The Labute approximate surface area is 124 Å². The molecule has 5 heteroatoms. The number of carbonyl (C=O) groups is 1. The quantitative estimate of drug-likeness (QED) is 0.857. The van der Waals surface area contributed by atoms with Crippen molar-refractivity contribution in [2.75, 3.05) is 24.3 Å². The van der Waals surface area contributed by atoms with Gasteiger partial charge in [-0.2, -0.15) is 10.2 Å². The zero-order valence-electron chi connectivity index (χ0n) is 12.4. The molecule has 0 aromatic heterocycles. The predicted octanol–water partition coefficient (Wildman–Crippen LogP) is 4.13. The van der Waals surface area contributed by atoms with Crippen LogP contribution < -0.4 is 10.2 Å². The number of hydrogen-bond donors (Lipinski definition) is 1. The van der Waals surface area contributed by atoms with Gasteiger partial charge in [0.05, 0.1) is 11.4 Å². The van der Waals surface area contributed by atoms with E-state index in [-0.39, 0.29) is 5.91 Å². The summed E-state index contributed by atoms with van der Waals surface area (Å²) in [5, 5.41) is 11.1. The van der Waals surface area contributed by atoms with Crippen LogP contribution >= 0.6 is 0 Å². The number of carbonyl (C=O) groups excluding carboxylic acids is 1. The van der Waals surface area contributed by atoms with Crippen LogP contribution in [0.1, 0.15) is 6.92 Å². The van der Waals surface area contributed by atoms with Gasteiger partial charge >= 0.3 is 0 Å². The average Bonchev–Trinajstić information content (AvgIpc) is 2.45. The van der Waals surface area contributed by atoms with Crippen LogP contribution in [0.15, 0.2) is 58.8 Å². The van der Waals surface area contributed by atoms with Gasteiger partial charge < -0.3 is 10.2 Å². The van der Waals surface area contributed by atoms with E-state index in [0.29, 0.717) is 11.4 Å². The first-order chi connectivity index (χ1) is 10.0. The summed E-state index contributed by atoms with van der Waals surface area (Å²) in [4.78, 5) is 13.0. The third-order valence-corrected chi connectivity index (χ3v) is 2.81. The van der Waals surface area contributed by atoms with E-state index in [1.807, 2.05) is 61.5 Å².